The van der Waals surface area contributed by atoms with Crippen LogP contribution < -0.4 is 16.8 Å². The summed E-state index contributed by atoms with van der Waals surface area (Å²) in [5.41, 5.74) is 13.8. The van der Waals surface area contributed by atoms with Gasteiger partial charge in [-0.05, 0) is 31.0 Å². The van der Waals surface area contributed by atoms with Gasteiger partial charge in [-0.2, -0.15) is 0 Å². The predicted octanol–water partition coefficient (Wildman–Crippen LogP) is 2.60. The number of hydrogen-bond acceptors (Lipinski definition) is 3. The van der Waals surface area contributed by atoms with Gasteiger partial charge in [0.1, 0.15) is 0 Å². The molecule has 1 aromatic rings. The first-order valence-corrected chi connectivity index (χ1v) is 5.67. The van der Waals surface area contributed by atoms with Crippen molar-refractivity contribution < 1.29 is 0 Å². The van der Waals surface area contributed by atoms with E-state index in [1.165, 1.54) is 32.1 Å². The Morgan fingerprint density at radius 2 is 1.73 bits per heavy atom. The summed E-state index contributed by atoms with van der Waals surface area (Å²) in [6, 6.07) is 6.40. The lowest BCUT2D eigenvalue weighted by atomic mass is 9.95. The maximum Gasteiger partial charge on any atom is 0.0568 e. The van der Waals surface area contributed by atoms with E-state index in [9.17, 15) is 0 Å². The van der Waals surface area contributed by atoms with Gasteiger partial charge in [0.15, 0.2) is 0 Å². The second-order valence-corrected chi connectivity index (χ2v) is 4.32. The van der Waals surface area contributed by atoms with Crippen LogP contribution in [0.4, 0.5) is 17.1 Å². The molecule has 1 aromatic carbocycles. The SMILES string of the molecule is Nc1ccc(NC2CCCCC2)cc1N. The number of nitrogen functional groups attached to an aromatic ring is 2. The molecule has 0 spiro atoms. The van der Waals surface area contributed by atoms with Crippen LogP contribution in [0, 0.1) is 0 Å². The average Bonchev–Trinajstić information content (AvgIpc) is 2.25. The molecular weight excluding hydrogens is 186 g/mol. The number of rotatable bonds is 2. The zero-order valence-corrected chi connectivity index (χ0v) is 9.00. The van der Waals surface area contributed by atoms with Crippen LogP contribution in [0.1, 0.15) is 32.1 Å². The second-order valence-electron chi connectivity index (χ2n) is 4.32. The lowest BCUT2D eigenvalue weighted by Crippen LogP contribution is -2.22. The Kier molecular flexibility index (Phi) is 2.99. The van der Waals surface area contributed by atoms with Crippen molar-refractivity contribution in [1.82, 2.24) is 0 Å². The van der Waals surface area contributed by atoms with E-state index in [1.54, 1.807) is 0 Å². The second kappa shape index (κ2) is 4.43. The molecule has 15 heavy (non-hydrogen) atoms. The van der Waals surface area contributed by atoms with E-state index in [1.807, 2.05) is 18.2 Å². The van der Waals surface area contributed by atoms with E-state index in [4.69, 9.17) is 11.5 Å². The van der Waals surface area contributed by atoms with E-state index in [0.717, 1.165) is 5.69 Å². The summed E-state index contributed by atoms with van der Waals surface area (Å²) < 4.78 is 0. The molecule has 0 unspecified atom stereocenters. The Balaban J connectivity index is 2.00. The Morgan fingerprint density at radius 1 is 1.00 bits per heavy atom. The van der Waals surface area contributed by atoms with E-state index < -0.39 is 0 Å². The fourth-order valence-electron chi connectivity index (χ4n) is 2.15. The molecule has 1 aliphatic rings. The van der Waals surface area contributed by atoms with Crippen LogP contribution in [-0.4, -0.2) is 6.04 Å². The van der Waals surface area contributed by atoms with E-state index >= 15 is 0 Å². The minimum Gasteiger partial charge on any atom is -0.397 e. The van der Waals surface area contributed by atoms with Gasteiger partial charge in [0.2, 0.25) is 0 Å². The quantitative estimate of drug-likeness (QED) is 0.650. The van der Waals surface area contributed by atoms with Crippen molar-refractivity contribution in [3.63, 3.8) is 0 Å². The minimum atomic E-state index is 0.613. The van der Waals surface area contributed by atoms with Crippen molar-refractivity contribution >= 4 is 17.1 Å². The Labute approximate surface area is 90.8 Å². The Bertz CT molecular complexity index is 330. The normalized spacial score (nSPS) is 17.6. The third kappa shape index (κ3) is 2.55. The van der Waals surface area contributed by atoms with Gasteiger partial charge in [0.25, 0.3) is 0 Å². The smallest absolute Gasteiger partial charge is 0.0568 e. The topological polar surface area (TPSA) is 64.1 Å². The summed E-state index contributed by atoms with van der Waals surface area (Å²) in [5, 5.41) is 3.51. The van der Waals surface area contributed by atoms with Crippen molar-refractivity contribution in [2.45, 2.75) is 38.1 Å². The summed E-state index contributed by atoms with van der Waals surface area (Å²) in [6.07, 6.45) is 6.58. The highest BCUT2D eigenvalue weighted by Crippen LogP contribution is 2.24. The number of anilines is 3. The molecule has 0 bridgehead atoms. The third-order valence-electron chi connectivity index (χ3n) is 3.06. The highest BCUT2D eigenvalue weighted by atomic mass is 14.9. The first-order valence-electron chi connectivity index (χ1n) is 5.67. The van der Waals surface area contributed by atoms with Gasteiger partial charge in [-0.15, -0.1) is 0 Å². The van der Waals surface area contributed by atoms with Crippen LogP contribution in [0.2, 0.25) is 0 Å². The maximum absolute atomic E-state index is 5.76. The molecule has 1 saturated carbocycles. The first-order chi connectivity index (χ1) is 7.25. The molecule has 1 aliphatic carbocycles. The molecule has 3 heteroatoms. The predicted molar refractivity (Wildman–Crippen MR) is 65.8 cm³/mol. The molecule has 0 radical (unpaired) electrons. The molecule has 0 amide bonds. The fourth-order valence-corrected chi connectivity index (χ4v) is 2.15. The molecule has 82 valence electrons. The van der Waals surface area contributed by atoms with E-state index in [2.05, 4.69) is 5.32 Å². The van der Waals surface area contributed by atoms with Crippen LogP contribution in [0.25, 0.3) is 0 Å². The van der Waals surface area contributed by atoms with Crippen molar-refractivity contribution in [2.75, 3.05) is 16.8 Å². The molecule has 3 nitrogen and oxygen atoms in total. The van der Waals surface area contributed by atoms with Crippen LogP contribution in [-0.2, 0) is 0 Å². The summed E-state index contributed by atoms with van der Waals surface area (Å²) in [4.78, 5) is 0. The van der Waals surface area contributed by atoms with E-state index in [0.29, 0.717) is 17.4 Å². The zero-order valence-electron chi connectivity index (χ0n) is 9.00. The highest BCUT2D eigenvalue weighted by molar-refractivity contribution is 5.69. The maximum atomic E-state index is 5.76. The molecule has 0 aromatic heterocycles. The number of nitrogens with one attached hydrogen (secondary N) is 1. The number of nitrogens with two attached hydrogens (primary N) is 2. The van der Waals surface area contributed by atoms with Crippen molar-refractivity contribution in [3.05, 3.63) is 18.2 Å². The lowest BCUT2D eigenvalue weighted by molar-refractivity contribution is 0.463. The highest BCUT2D eigenvalue weighted by Gasteiger charge is 2.12. The molecule has 5 N–H and O–H groups in total. The third-order valence-corrected chi connectivity index (χ3v) is 3.06. The lowest BCUT2D eigenvalue weighted by Gasteiger charge is -2.24. The van der Waals surface area contributed by atoms with Gasteiger partial charge >= 0.3 is 0 Å². The summed E-state index contributed by atoms with van der Waals surface area (Å²) in [7, 11) is 0. The molecule has 0 saturated heterocycles. The van der Waals surface area contributed by atoms with Gasteiger partial charge in [-0.1, -0.05) is 19.3 Å². The Morgan fingerprint density at radius 3 is 2.40 bits per heavy atom. The van der Waals surface area contributed by atoms with Crippen LogP contribution in [0.5, 0.6) is 0 Å². The van der Waals surface area contributed by atoms with Gasteiger partial charge < -0.3 is 16.8 Å². The van der Waals surface area contributed by atoms with Crippen LogP contribution in [0.15, 0.2) is 18.2 Å². The monoisotopic (exact) mass is 205 g/mol. The summed E-state index contributed by atoms with van der Waals surface area (Å²) in [6.45, 7) is 0. The average molecular weight is 205 g/mol. The largest absolute Gasteiger partial charge is 0.397 e. The molecule has 0 heterocycles. The van der Waals surface area contributed by atoms with Crippen LogP contribution in [0.3, 0.4) is 0 Å². The van der Waals surface area contributed by atoms with E-state index in [-0.39, 0.29) is 0 Å². The van der Waals surface area contributed by atoms with Gasteiger partial charge in [0.05, 0.1) is 11.4 Å². The van der Waals surface area contributed by atoms with Crippen LogP contribution >= 0.6 is 0 Å². The van der Waals surface area contributed by atoms with Crippen molar-refractivity contribution in [2.24, 2.45) is 0 Å². The molecule has 0 atom stereocenters. The Hall–Kier alpha value is -1.38. The van der Waals surface area contributed by atoms with Crippen molar-refractivity contribution in [1.29, 1.82) is 0 Å². The first kappa shape index (κ1) is 10.1. The van der Waals surface area contributed by atoms with Gasteiger partial charge in [0, 0.05) is 11.7 Å². The number of hydrogen-bond donors (Lipinski definition) is 3. The minimum absolute atomic E-state index is 0.613. The van der Waals surface area contributed by atoms with Gasteiger partial charge in [-0.3, -0.25) is 0 Å². The molecular formula is C12H19N3. The summed E-state index contributed by atoms with van der Waals surface area (Å²) >= 11 is 0. The molecule has 2 rings (SSSR count). The molecule has 0 aliphatic heterocycles. The standard InChI is InChI=1S/C12H19N3/c13-11-7-6-10(8-12(11)14)15-9-4-2-1-3-5-9/h6-9,15H,1-5,13-14H2. The number of benzene rings is 1. The molecule has 1 fully saturated rings. The fraction of sp³-hybridized carbons (Fsp3) is 0.500. The zero-order chi connectivity index (χ0) is 10.7. The van der Waals surface area contributed by atoms with Crippen molar-refractivity contribution in [3.8, 4) is 0 Å². The summed E-state index contributed by atoms with van der Waals surface area (Å²) in [5.74, 6) is 0. The van der Waals surface area contributed by atoms with Gasteiger partial charge in [-0.25, -0.2) is 0 Å².